The lowest BCUT2D eigenvalue weighted by Crippen LogP contribution is -2.58. The number of benzene rings is 2. The molecule has 0 radical (unpaired) electrons. The highest BCUT2D eigenvalue weighted by atomic mass is 16.6. The predicted molar refractivity (Wildman–Crippen MR) is 217 cm³/mol. The van der Waals surface area contributed by atoms with E-state index in [0.717, 1.165) is 36.1 Å². The number of amides is 3. The number of carboxylic acids is 1. The van der Waals surface area contributed by atoms with Crippen molar-refractivity contribution in [2.45, 2.75) is 123 Å². The number of nitrogens with zero attached hydrogens (tertiary/aromatic N) is 3. The molecule has 1 aliphatic heterocycles. The van der Waals surface area contributed by atoms with Gasteiger partial charge in [0.2, 0.25) is 17.7 Å². The van der Waals surface area contributed by atoms with Crippen molar-refractivity contribution in [2.75, 3.05) is 20.1 Å². The second-order valence-corrected chi connectivity index (χ2v) is 15.6. The van der Waals surface area contributed by atoms with Gasteiger partial charge in [-0.25, -0.2) is 4.98 Å². The topological polar surface area (TPSA) is 171 Å². The van der Waals surface area contributed by atoms with Gasteiger partial charge in [-0.2, -0.15) is 0 Å². The van der Waals surface area contributed by atoms with E-state index >= 15 is 0 Å². The number of aliphatic carboxylic acids is 1. The molecule has 3 aromatic rings. The molecule has 0 spiro atoms. The van der Waals surface area contributed by atoms with Crippen LogP contribution < -0.4 is 10.6 Å². The molecular formula is C44H61N5O8. The number of esters is 1. The minimum Gasteiger partial charge on any atom is -0.481 e. The van der Waals surface area contributed by atoms with Gasteiger partial charge in [0, 0.05) is 38.4 Å². The Balaban J connectivity index is 1.54. The van der Waals surface area contributed by atoms with Crippen LogP contribution in [0.4, 0.5) is 0 Å². The minimum absolute atomic E-state index is 0.000432. The third kappa shape index (κ3) is 12.7. The van der Waals surface area contributed by atoms with E-state index in [4.69, 9.17) is 9.15 Å². The smallest absolute Gasteiger partial charge is 0.303 e. The number of oxazole rings is 1. The number of likely N-dealkylation sites (N-methyl/N-ethyl adjacent to an activating group) is 1. The predicted octanol–water partition coefficient (Wildman–Crippen LogP) is 6.43. The number of hydrogen-bond donors (Lipinski definition) is 3. The summed E-state index contributed by atoms with van der Waals surface area (Å²) < 4.78 is 11.5. The fraction of sp³-hybridized carbons (Fsp3) is 0.545. The van der Waals surface area contributed by atoms with Gasteiger partial charge in [-0.1, -0.05) is 95.6 Å². The Kier molecular flexibility index (Phi) is 16.8. The standard InChI is InChI=1S/C44H61N5O8/c1-8-23-49(44(55)40(29(5)9-2)47-42(54)36-16-13-24-48(36)7)37(28(3)4)26-38(57-30(6)50)43-46-35(27-56-43)41(53)45-34(21-22-39(51)52)25-31-17-19-33(20-18-31)32-14-11-10-12-15-32/h10-12,14-15,17-20,27-29,34,36-38,40H,8-9,13,16,21-26H2,1-7H3,(H,45,53)(H,47,54)(H,51,52)/t29-,34+,36+,37+,38+,40?/m0/s1. The summed E-state index contributed by atoms with van der Waals surface area (Å²) in [6.45, 7) is 12.4. The van der Waals surface area contributed by atoms with Crippen LogP contribution in [0.15, 0.2) is 65.3 Å². The largest absolute Gasteiger partial charge is 0.481 e. The zero-order chi connectivity index (χ0) is 41.6. The summed E-state index contributed by atoms with van der Waals surface area (Å²) in [7, 11) is 1.92. The third-order valence-electron chi connectivity index (χ3n) is 10.9. The van der Waals surface area contributed by atoms with Crippen molar-refractivity contribution in [2.24, 2.45) is 11.8 Å². The van der Waals surface area contributed by atoms with Crippen molar-refractivity contribution in [3.63, 3.8) is 0 Å². The number of hydrogen-bond acceptors (Lipinski definition) is 9. The van der Waals surface area contributed by atoms with Crippen molar-refractivity contribution < 1.29 is 38.2 Å². The van der Waals surface area contributed by atoms with E-state index in [9.17, 15) is 29.1 Å². The summed E-state index contributed by atoms with van der Waals surface area (Å²) in [6.07, 6.45) is 3.73. The number of ether oxygens (including phenoxy) is 1. The number of nitrogens with one attached hydrogen (secondary N) is 2. The van der Waals surface area contributed by atoms with Crippen LogP contribution in [0.5, 0.6) is 0 Å². The van der Waals surface area contributed by atoms with Crippen LogP contribution in [-0.2, 0) is 30.3 Å². The Morgan fingerprint density at radius 3 is 2.26 bits per heavy atom. The van der Waals surface area contributed by atoms with Crippen molar-refractivity contribution in [1.82, 2.24) is 25.4 Å². The first-order valence-electron chi connectivity index (χ1n) is 20.3. The second kappa shape index (κ2) is 21.5. The summed E-state index contributed by atoms with van der Waals surface area (Å²) in [4.78, 5) is 73.8. The summed E-state index contributed by atoms with van der Waals surface area (Å²) in [5.74, 6) is -2.71. The first kappa shape index (κ1) is 44.7. The van der Waals surface area contributed by atoms with E-state index in [1.807, 2.05) is 101 Å². The Bertz CT molecular complexity index is 1780. The van der Waals surface area contributed by atoms with Crippen molar-refractivity contribution in [3.8, 4) is 11.1 Å². The maximum absolute atomic E-state index is 14.5. The van der Waals surface area contributed by atoms with Crippen LogP contribution in [0.1, 0.15) is 115 Å². The molecule has 2 aromatic carbocycles. The molecule has 6 atom stereocenters. The number of carboxylic acid groups (broad SMARTS) is 1. The van der Waals surface area contributed by atoms with Gasteiger partial charge in [-0.3, -0.25) is 28.9 Å². The van der Waals surface area contributed by atoms with Crippen molar-refractivity contribution >= 4 is 29.7 Å². The van der Waals surface area contributed by atoms with Gasteiger partial charge in [0.15, 0.2) is 11.8 Å². The lowest BCUT2D eigenvalue weighted by Gasteiger charge is -2.39. The van der Waals surface area contributed by atoms with Crippen LogP contribution in [0.25, 0.3) is 11.1 Å². The van der Waals surface area contributed by atoms with Crippen LogP contribution >= 0.6 is 0 Å². The molecule has 3 N–H and O–H groups in total. The van der Waals surface area contributed by atoms with Crippen LogP contribution in [0.2, 0.25) is 0 Å². The Morgan fingerprint density at radius 2 is 1.68 bits per heavy atom. The number of aromatic nitrogens is 1. The van der Waals surface area contributed by atoms with Gasteiger partial charge < -0.3 is 29.8 Å². The molecular weight excluding hydrogens is 727 g/mol. The lowest BCUT2D eigenvalue weighted by atomic mass is 9.92. The average molecular weight is 788 g/mol. The first-order valence-corrected chi connectivity index (χ1v) is 20.3. The summed E-state index contributed by atoms with van der Waals surface area (Å²) >= 11 is 0. The van der Waals surface area contributed by atoms with Gasteiger partial charge in [0.25, 0.3) is 5.91 Å². The molecule has 1 unspecified atom stereocenters. The first-order chi connectivity index (χ1) is 27.2. The van der Waals surface area contributed by atoms with Crippen molar-refractivity contribution in [1.29, 1.82) is 0 Å². The molecule has 1 fully saturated rings. The zero-order valence-corrected chi connectivity index (χ0v) is 34.5. The van der Waals surface area contributed by atoms with Crippen molar-refractivity contribution in [3.05, 3.63) is 78.0 Å². The van der Waals surface area contributed by atoms with Gasteiger partial charge in [-0.15, -0.1) is 0 Å². The van der Waals surface area contributed by atoms with Gasteiger partial charge >= 0.3 is 11.9 Å². The van der Waals surface area contributed by atoms with E-state index in [1.54, 1.807) is 4.90 Å². The second-order valence-electron chi connectivity index (χ2n) is 15.6. The highest BCUT2D eigenvalue weighted by molar-refractivity contribution is 5.92. The Morgan fingerprint density at radius 1 is 1.00 bits per heavy atom. The normalized spacial score (nSPS) is 16.9. The fourth-order valence-corrected chi connectivity index (χ4v) is 7.48. The Labute approximate surface area is 336 Å². The highest BCUT2D eigenvalue weighted by Gasteiger charge is 2.39. The molecule has 0 bridgehead atoms. The van der Waals surface area contributed by atoms with E-state index in [1.165, 1.54) is 13.2 Å². The molecule has 1 saturated heterocycles. The van der Waals surface area contributed by atoms with Crippen LogP contribution in [0.3, 0.4) is 0 Å². The highest BCUT2D eigenvalue weighted by Crippen LogP contribution is 2.30. The molecule has 1 aliphatic rings. The number of carbonyl (C=O) groups excluding carboxylic acids is 4. The molecule has 0 saturated carbocycles. The van der Waals surface area contributed by atoms with E-state index in [2.05, 4.69) is 15.6 Å². The number of carbonyl (C=O) groups is 5. The molecule has 3 amide bonds. The van der Waals surface area contributed by atoms with E-state index < -0.39 is 42.1 Å². The number of likely N-dealkylation sites (tertiary alicyclic amines) is 1. The summed E-state index contributed by atoms with van der Waals surface area (Å²) in [5.41, 5.74) is 2.98. The fourth-order valence-electron chi connectivity index (χ4n) is 7.48. The minimum atomic E-state index is -1.03. The molecule has 2 heterocycles. The molecule has 57 heavy (non-hydrogen) atoms. The third-order valence-corrected chi connectivity index (χ3v) is 10.9. The van der Waals surface area contributed by atoms with Gasteiger partial charge in [0.05, 0.1) is 6.04 Å². The summed E-state index contributed by atoms with van der Waals surface area (Å²) in [5, 5.41) is 15.5. The van der Waals surface area contributed by atoms with Gasteiger partial charge in [0.1, 0.15) is 12.3 Å². The molecule has 1 aromatic heterocycles. The molecule has 13 heteroatoms. The SMILES string of the molecule is CCCN(C(=O)C(NC(=O)[C@H]1CCCN1C)[C@@H](C)CC)[C@H](C[C@@H](OC(C)=O)c1nc(C(=O)N[C@H](CCC(=O)O)Cc2ccc(-c3ccccc3)cc2)co1)C(C)C. The van der Waals surface area contributed by atoms with E-state index in [0.29, 0.717) is 25.8 Å². The maximum Gasteiger partial charge on any atom is 0.303 e. The van der Waals surface area contributed by atoms with E-state index in [-0.39, 0.29) is 60.5 Å². The average Bonchev–Trinajstić information content (AvgIpc) is 3.86. The zero-order valence-electron chi connectivity index (χ0n) is 34.5. The van der Waals surface area contributed by atoms with Crippen LogP contribution in [0, 0.1) is 11.8 Å². The maximum atomic E-state index is 14.5. The molecule has 13 nitrogen and oxygen atoms in total. The van der Waals surface area contributed by atoms with Crippen LogP contribution in [-0.4, -0.2) is 93.9 Å². The summed E-state index contributed by atoms with van der Waals surface area (Å²) in [6, 6.07) is 15.9. The number of rotatable bonds is 21. The molecule has 0 aliphatic carbocycles. The van der Waals surface area contributed by atoms with Gasteiger partial charge in [-0.05, 0) is 74.2 Å². The Hall–Kier alpha value is -5.04. The molecule has 4 rings (SSSR count). The lowest BCUT2D eigenvalue weighted by molar-refractivity contribution is -0.151. The quantitative estimate of drug-likeness (QED) is 0.102. The monoisotopic (exact) mass is 787 g/mol. The molecule has 310 valence electrons.